The van der Waals surface area contributed by atoms with Crippen molar-refractivity contribution in [2.24, 2.45) is 0 Å². The van der Waals surface area contributed by atoms with Crippen LogP contribution in [-0.2, 0) is 0 Å². The van der Waals surface area contributed by atoms with Crippen LogP contribution < -0.4 is 5.32 Å². The van der Waals surface area contributed by atoms with Gasteiger partial charge < -0.3 is 5.32 Å². The van der Waals surface area contributed by atoms with Gasteiger partial charge in [-0.05, 0) is 24.3 Å². The molecule has 0 saturated carbocycles. The van der Waals surface area contributed by atoms with Crippen LogP contribution in [0.2, 0.25) is 10.0 Å². The number of aromatic nitrogens is 1. The molecule has 0 fully saturated rings. The minimum Gasteiger partial charge on any atom is -0.319 e. The van der Waals surface area contributed by atoms with Crippen LogP contribution in [0.25, 0.3) is 0 Å². The molecule has 6 heteroatoms. The number of carbonyl (C=O) groups is 1. The maximum atomic E-state index is 13.3. The molecular weight excluding hydrogens is 278 g/mol. The number of carbonyl (C=O) groups excluding carboxylic acids is 1. The van der Waals surface area contributed by atoms with Crippen LogP contribution in [-0.4, -0.2) is 10.9 Å². The van der Waals surface area contributed by atoms with Gasteiger partial charge in [-0.15, -0.1) is 0 Å². The van der Waals surface area contributed by atoms with Crippen LogP contribution in [0.4, 0.5) is 10.1 Å². The molecule has 92 valence electrons. The molecule has 1 heterocycles. The molecule has 1 amide bonds. The first-order valence-electron chi connectivity index (χ1n) is 4.95. The summed E-state index contributed by atoms with van der Waals surface area (Å²) < 4.78 is 13.3. The van der Waals surface area contributed by atoms with E-state index in [1.807, 2.05) is 0 Å². The molecule has 0 aliphatic carbocycles. The molecule has 2 aromatic rings. The second-order valence-corrected chi connectivity index (χ2v) is 4.21. The van der Waals surface area contributed by atoms with Crippen molar-refractivity contribution in [3.05, 3.63) is 58.1 Å². The molecule has 2 rings (SSSR count). The predicted octanol–water partition coefficient (Wildman–Crippen LogP) is 3.78. The molecule has 0 aliphatic rings. The third kappa shape index (κ3) is 2.60. The Morgan fingerprint density at radius 2 is 1.83 bits per heavy atom. The van der Waals surface area contributed by atoms with E-state index < -0.39 is 11.9 Å². The van der Waals surface area contributed by atoms with Crippen molar-refractivity contribution in [3.63, 3.8) is 0 Å². The Bertz CT molecular complexity index is 584. The number of nitrogens with zero attached hydrogens (tertiary/aromatic N) is 1. The third-order valence-electron chi connectivity index (χ3n) is 2.21. The van der Waals surface area contributed by atoms with Gasteiger partial charge in [0.25, 0.3) is 5.91 Å². The first-order chi connectivity index (χ1) is 8.59. The molecular formula is C12H7Cl2FN2O. The van der Waals surface area contributed by atoms with Crippen LogP contribution in [0.15, 0.2) is 36.5 Å². The standard InChI is InChI=1S/C12H7Cl2FN2O/c13-8-4-1-5-9(14)10(8)17-12(18)7-3-2-6-16-11(7)15/h1-6H,(H,17,18). The van der Waals surface area contributed by atoms with Gasteiger partial charge in [-0.3, -0.25) is 4.79 Å². The van der Waals surface area contributed by atoms with E-state index in [9.17, 15) is 9.18 Å². The first kappa shape index (κ1) is 12.8. The molecule has 1 aromatic heterocycles. The Morgan fingerprint density at radius 1 is 1.17 bits per heavy atom. The fraction of sp³-hybridized carbons (Fsp3) is 0. The van der Waals surface area contributed by atoms with Gasteiger partial charge in [-0.25, -0.2) is 4.98 Å². The summed E-state index contributed by atoms with van der Waals surface area (Å²) in [6.45, 7) is 0. The molecule has 0 unspecified atom stereocenters. The highest BCUT2D eigenvalue weighted by atomic mass is 35.5. The number of hydrogen-bond acceptors (Lipinski definition) is 2. The van der Waals surface area contributed by atoms with E-state index in [1.54, 1.807) is 18.2 Å². The molecule has 3 nitrogen and oxygen atoms in total. The van der Waals surface area contributed by atoms with Crippen molar-refractivity contribution < 1.29 is 9.18 Å². The fourth-order valence-corrected chi connectivity index (χ4v) is 1.85. The zero-order valence-corrected chi connectivity index (χ0v) is 10.5. The average molecular weight is 285 g/mol. The molecule has 0 radical (unpaired) electrons. The fourth-order valence-electron chi connectivity index (χ4n) is 1.35. The SMILES string of the molecule is O=C(Nc1c(Cl)cccc1Cl)c1cccnc1F. The van der Waals surface area contributed by atoms with Crippen molar-refractivity contribution in [2.45, 2.75) is 0 Å². The molecule has 18 heavy (non-hydrogen) atoms. The summed E-state index contributed by atoms with van der Waals surface area (Å²) >= 11 is 11.8. The highest BCUT2D eigenvalue weighted by Gasteiger charge is 2.15. The van der Waals surface area contributed by atoms with Crippen molar-refractivity contribution in [2.75, 3.05) is 5.32 Å². The monoisotopic (exact) mass is 284 g/mol. The summed E-state index contributed by atoms with van der Waals surface area (Å²) in [4.78, 5) is 15.2. The van der Waals surface area contributed by atoms with Crippen molar-refractivity contribution in [1.29, 1.82) is 0 Å². The number of amides is 1. The number of halogens is 3. The molecule has 0 aliphatic heterocycles. The van der Waals surface area contributed by atoms with Crippen molar-refractivity contribution in [3.8, 4) is 0 Å². The van der Waals surface area contributed by atoms with Crippen LogP contribution in [0, 0.1) is 5.95 Å². The number of pyridine rings is 1. The van der Waals surface area contributed by atoms with Gasteiger partial charge in [0.05, 0.1) is 21.3 Å². The van der Waals surface area contributed by atoms with Crippen LogP contribution in [0.3, 0.4) is 0 Å². The van der Waals surface area contributed by atoms with Crippen molar-refractivity contribution in [1.82, 2.24) is 4.98 Å². The summed E-state index contributed by atoms with van der Waals surface area (Å²) in [5, 5.41) is 3.01. The van der Waals surface area contributed by atoms with E-state index >= 15 is 0 Å². The second kappa shape index (κ2) is 5.33. The molecule has 0 atom stereocenters. The van der Waals surface area contributed by atoms with Gasteiger partial charge in [0.15, 0.2) is 0 Å². The normalized spacial score (nSPS) is 10.2. The lowest BCUT2D eigenvalue weighted by Gasteiger charge is -2.09. The maximum Gasteiger partial charge on any atom is 0.260 e. The lowest BCUT2D eigenvalue weighted by Crippen LogP contribution is -2.15. The van der Waals surface area contributed by atoms with Crippen molar-refractivity contribution >= 4 is 34.8 Å². The summed E-state index contributed by atoms with van der Waals surface area (Å²) in [7, 11) is 0. The Labute approximate surface area is 113 Å². The second-order valence-electron chi connectivity index (χ2n) is 3.39. The highest BCUT2D eigenvalue weighted by molar-refractivity contribution is 6.40. The van der Waals surface area contributed by atoms with E-state index in [0.29, 0.717) is 0 Å². The Balaban J connectivity index is 2.30. The Kier molecular flexibility index (Phi) is 3.79. The number of benzene rings is 1. The molecule has 1 N–H and O–H groups in total. The Hall–Kier alpha value is -1.65. The average Bonchev–Trinajstić information content (AvgIpc) is 2.34. The van der Waals surface area contributed by atoms with Crippen LogP contribution in [0.5, 0.6) is 0 Å². The topological polar surface area (TPSA) is 42.0 Å². The summed E-state index contributed by atoms with van der Waals surface area (Å²) in [6.07, 6.45) is 1.26. The van der Waals surface area contributed by atoms with Gasteiger partial charge in [0.1, 0.15) is 0 Å². The van der Waals surface area contributed by atoms with Gasteiger partial charge in [-0.1, -0.05) is 29.3 Å². The van der Waals surface area contributed by atoms with E-state index in [0.717, 1.165) is 0 Å². The summed E-state index contributed by atoms with van der Waals surface area (Å²) in [5.74, 6) is -1.51. The summed E-state index contributed by atoms with van der Waals surface area (Å²) in [5.41, 5.74) is 0.0718. The number of para-hydroxylation sites is 1. The minimum atomic E-state index is -0.849. The molecule has 0 spiro atoms. The highest BCUT2D eigenvalue weighted by Crippen LogP contribution is 2.30. The van der Waals surface area contributed by atoms with Gasteiger partial charge >= 0.3 is 0 Å². The quantitative estimate of drug-likeness (QED) is 0.853. The Morgan fingerprint density at radius 3 is 2.44 bits per heavy atom. The smallest absolute Gasteiger partial charge is 0.260 e. The summed E-state index contributed by atoms with van der Waals surface area (Å²) in [6, 6.07) is 7.57. The van der Waals surface area contributed by atoms with E-state index in [4.69, 9.17) is 23.2 Å². The van der Waals surface area contributed by atoms with Gasteiger partial charge in [0, 0.05) is 6.20 Å². The molecule has 0 saturated heterocycles. The van der Waals surface area contributed by atoms with Gasteiger partial charge in [0.2, 0.25) is 5.95 Å². The zero-order chi connectivity index (χ0) is 13.1. The minimum absolute atomic E-state index is 0.173. The molecule has 1 aromatic carbocycles. The lowest BCUT2D eigenvalue weighted by molar-refractivity contribution is 0.102. The third-order valence-corrected chi connectivity index (χ3v) is 2.83. The lowest BCUT2D eigenvalue weighted by atomic mass is 10.2. The zero-order valence-electron chi connectivity index (χ0n) is 8.95. The number of rotatable bonds is 2. The number of anilines is 1. The number of hydrogen-bond donors (Lipinski definition) is 1. The van der Waals surface area contributed by atoms with E-state index in [-0.39, 0.29) is 21.3 Å². The van der Waals surface area contributed by atoms with E-state index in [2.05, 4.69) is 10.3 Å². The first-order valence-corrected chi connectivity index (χ1v) is 5.71. The number of nitrogens with one attached hydrogen (secondary N) is 1. The predicted molar refractivity (Wildman–Crippen MR) is 68.6 cm³/mol. The largest absolute Gasteiger partial charge is 0.319 e. The van der Waals surface area contributed by atoms with Gasteiger partial charge in [-0.2, -0.15) is 4.39 Å². The maximum absolute atomic E-state index is 13.3. The van der Waals surface area contributed by atoms with Crippen LogP contribution >= 0.6 is 23.2 Å². The van der Waals surface area contributed by atoms with E-state index in [1.165, 1.54) is 18.3 Å². The molecule has 0 bridgehead atoms. The van der Waals surface area contributed by atoms with Crippen LogP contribution in [0.1, 0.15) is 10.4 Å².